The number of piperidine rings is 1. The lowest BCUT2D eigenvalue weighted by atomic mass is 9.83. The van der Waals surface area contributed by atoms with Crippen LogP contribution in [0, 0.1) is 5.92 Å². The molecule has 0 saturated carbocycles. The quantitative estimate of drug-likeness (QED) is 0.906. The lowest BCUT2D eigenvalue weighted by molar-refractivity contribution is 0.205. The van der Waals surface area contributed by atoms with Gasteiger partial charge >= 0.3 is 0 Å². The summed E-state index contributed by atoms with van der Waals surface area (Å²) in [7, 11) is 2.25. The molecule has 0 bridgehead atoms. The van der Waals surface area contributed by atoms with E-state index in [9.17, 15) is 0 Å². The Bertz CT molecular complexity index is 429. The largest absolute Gasteiger partial charge is 0.316 e. The summed E-state index contributed by atoms with van der Waals surface area (Å²) in [5.74, 6) is 1.59. The van der Waals surface area contributed by atoms with Crippen LogP contribution in [0.2, 0.25) is 0 Å². The van der Waals surface area contributed by atoms with Crippen LogP contribution in [0.5, 0.6) is 0 Å². The van der Waals surface area contributed by atoms with Gasteiger partial charge in [-0.2, -0.15) is 0 Å². The Labute approximate surface area is 123 Å². The molecule has 2 unspecified atom stereocenters. The van der Waals surface area contributed by atoms with E-state index in [0.29, 0.717) is 0 Å². The molecule has 0 aromatic heterocycles. The normalized spacial score (nSPS) is 27.2. The first kappa shape index (κ1) is 14.1. The molecule has 1 aliphatic heterocycles. The molecule has 1 heterocycles. The molecule has 1 saturated heterocycles. The van der Waals surface area contributed by atoms with Gasteiger partial charge in [-0.3, -0.25) is 0 Å². The van der Waals surface area contributed by atoms with E-state index < -0.39 is 0 Å². The highest BCUT2D eigenvalue weighted by molar-refractivity contribution is 5.32. The second-order valence-corrected chi connectivity index (χ2v) is 6.72. The van der Waals surface area contributed by atoms with E-state index in [1.54, 1.807) is 11.1 Å². The minimum atomic E-state index is 0.737. The number of likely N-dealkylation sites (tertiary alicyclic amines) is 1. The van der Waals surface area contributed by atoms with Crippen molar-refractivity contribution in [1.29, 1.82) is 0 Å². The van der Waals surface area contributed by atoms with Crippen LogP contribution < -0.4 is 5.32 Å². The molecular weight excluding hydrogens is 244 g/mol. The number of nitrogens with zero attached hydrogens (tertiary/aromatic N) is 1. The van der Waals surface area contributed by atoms with Crippen molar-refractivity contribution in [1.82, 2.24) is 10.2 Å². The Kier molecular flexibility index (Phi) is 4.74. The predicted octanol–water partition coefficient (Wildman–Crippen LogP) is 3.04. The highest BCUT2D eigenvalue weighted by atomic mass is 15.1. The number of hydrogen-bond donors (Lipinski definition) is 1. The molecule has 2 aliphatic rings. The summed E-state index contributed by atoms with van der Waals surface area (Å²) in [6.45, 7) is 4.92. The molecule has 2 nitrogen and oxygen atoms in total. The van der Waals surface area contributed by atoms with Gasteiger partial charge in [0.25, 0.3) is 0 Å². The molecule has 1 aliphatic carbocycles. The van der Waals surface area contributed by atoms with Gasteiger partial charge in [0, 0.05) is 13.1 Å². The van der Waals surface area contributed by atoms with Gasteiger partial charge in [-0.05, 0) is 75.2 Å². The molecule has 20 heavy (non-hydrogen) atoms. The van der Waals surface area contributed by atoms with Crippen molar-refractivity contribution in [2.45, 2.75) is 38.0 Å². The molecular formula is C18H28N2. The summed E-state index contributed by atoms with van der Waals surface area (Å²) >= 11 is 0. The zero-order valence-corrected chi connectivity index (χ0v) is 12.8. The third-order valence-corrected chi connectivity index (χ3v) is 5.04. The fraction of sp³-hybridized carbons (Fsp3) is 0.667. The average Bonchev–Trinajstić information content (AvgIpc) is 2.48. The maximum absolute atomic E-state index is 3.76. The van der Waals surface area contributed by atoms with Crippen molar-refractivity contribution in [3.63, 3.8) is 0 Å². The minimum Gasteiger partial charge on any atom is -0.316 e. The van der Waals surface area contributed by atoms with Gasteiger partial charge in [-0.1, -0.05) is 24.3 Å². The summed E-state index contributed by atoms with van der Waals surface area (Å²) in [6.07, 6.45) is 6.76. The van der Waals surface area contributed by atoms with Crippen LogP contribution >= 0.6 is 0 Å². The molecule has 1 N–H and O–H groups in total. The van der Waals surface area contributed by atoms with Crippen molar-refractivity contribution in [3.05, 3.63) is 35.4 Å². The van der Waals surface area contributed by atoms with Gasteiger partial charge in [0.2, 0.25) is 0 Å². The molecule has 2 atom stereocenters. The molecule has 110 valence electrons. The first-order valence-electron chi connectivity index (χ1n) is 8.30. The fourth-order valence-electron chi connectivity index (χ4n) is 3.97. The average molecular weight is 272 g/mol. The van der Waals surface area contributed by atoms with Crippen molar-refractivity contribution in [3.8, 4) is 0 Å². The highest BCUT2D eigenvalue weighted by Gasteiger charge is 2.21. The van der Waals surface area contributed by atoms with Crippen LogP contribution in [-0.4, -0.2) is 38.1 Å². The number of hydrogen-bond acceptors (Lipinski definition) is 2. The number of nitrogens with one attached hydrogen (secondary N) is 1. The lowest BCUT2D eigenvalue weighted by Gasteiger charge is -2.31. The van der Waals surface area contributed by atoms with Crippen LogP contribution in [0.1, 0.15) is 42.7 Å². The van der Waals surface area contributed by atoms with Crippen LogP contribution in [0.15, 0.2) is 24.3 Å². The van der Waals surface area contributed by atoms with E-state index in [1.807, 2.05) is 0 Å². The van der Waals surface area contributed by atoms with Gasteiger partial charge in [-0.25, -0.2) is 0 Å². The molecule has 3 rings (SSSR count). The minimum absolute atomic E-state index is 0.737. The van der Waals surface area contributed by atoms with Crippen LogP contribution in [-0.2, 0) is 6.42 Å². The van der Waals surface area contributed by atoms with Crippen LogP contribution in [0.4, 0.5) is 0 Å². The molecule has 1 aromatic carbocycles. The van der Waals surface area contributed by atoms with Crippen molar-refractivity contribution in [2.75, 3.05) is 33.2 Å². The SMILES string of the molecule is CN1CCCC(CNCC2CCCc3ccccc32)C1. The monoisotopic (exact) mass is 272 g/mol. The van der Waals surface area contributed by atoms with Gasteiger partial charge in [0.1, 0.15) is 0 Å². The summed E-state index contributed by atoms with van der Waals surface area (Å²) in [5, 5.41) is 3.76. The van der Waals surface area contributed by atoms with Crippen LogP contribution in [0.25, 0.3) is 0 Å². The maximum Gasteiger partial charge on any atom is 0.00203 e. The van der Waals surface area contributed by atoms with Gasteiger partial charge < -0.3 is 10.2 Å². The summed E-state index contributed by atoms with van der Waals surface area (Å²) in [4.78, 5) is 2.48. The third-order valence-electron chi connectivity index (χ3n) is 5.04. The summed E-state index contributed by atoms with van der Waals surface area (Å²) in [5.41, 5.74) is 3.19. The van der Waals surface area contributed by atoms with Gasteiger partial charge in [-0.15, -0.1) is 0 Å². The van der Waals surface area contributed by atoms with E-state index in [2.05, 4.69) is 41.5 Å². The Balaban J connectivity index is 1.49. The predicted molar refractivity (Wildman–Crippen MR) is 85.2 cm³/mol. The number of aryl methyl sites for hydroxylation is 1. The summed E-state index contributed by atoms with van der Waals surface area (Å²) < 4.78 is 0. The molecule has 1 aromatic rings. The van der Waals surface area contributed by atoms with Gasteiger partial charge in [0.05, 0.1) is 0 Å². The molecule has 2 heteroatoms. The first-order valence-corrected chi connectivity index (χ1v) is 8.30. The Morgan fingerprint density at radius 1 is 1.15 bits per heavy atom. The number of benzene rings is 1. The maximum atomic E-state index is 3.76. The first-order chi connectivity index (χ1) is 9.83. The topological polar surface area (TPSA) is 15.3 Å². The van der Waals surface area contributed by atoms with Crippen molar-refractivity contribution < 1.29 is 0 Å². The van der Waals surface area contributed by atoms with Crippen molar-refractivity contribution in [2.24, 2.45) is 5.92 Å². The molecule has 0 spiro atoms. The zero-order valence-electron chi connectivity index (χ0n) is 12.8. The van der Waals surface area contributed by atoms with E-state index in [-0.39, 0.29) is 0 Å². The van der Waals surface area contributed by atoms with E-state index in [0.717, 1.165) is 18.4 Å². The lowest BCUT2D eigenvalue weighted by Crippen LogP contribution is -2.38. The number of fused-ring (bicyclic) bond motifs is 1. The van der Waals surface area contributed by atoms with Gasteiger partial charge in [0.15, 0.2) is 0 Å². The second-order valence-electron chi connectivity index (χ2n) is 6.72. The molecule has 1 fully saturated rings. The number of rotatable bonds is 4. The second kappa shape index (κ2) is 6.73. The smallest absolute Gasteiger partial charge is 0.00203 e. The van der Waals surface area contributed by atoms with E-state index in [1.165, 1.54) is 51.7 Å². The Morgan fingerprint density at radius 3 is 2.95 bits per heavy atom. The third kappa shape index (κ3) is 3.42. The highest BCUT2D eigenvalue weighted by Crippen LogP contribution is 2.30. The molecule has 0 amide bonds. The fourth-order valence-corrected chi connectivity index (χ4v) is 3.97. The summed E-state index contributed by atoms with van der Waals surface area (Å²) in [6, 6.07) is 9.05. The zero-order chi connectivity index (χ0) is 13.8. The Hall–Kier alpha value is -0.860. The van der Waals surface area contributed by atoms with E-state index >= 15 is 0 Å². The Morgan fingerprint density at radius 2 is 2.05 bits per heavy atom. The molecule has 0 radical (unpaired) electrons. The van der Waals surface area contributed by atoms with E-state index in [4.69, 9.17) is 0 Å². The van der Waals surface area contributed by atoms with Crippen molar-refractivity contribution >= 4 is 0 Å². The van der Waals surface area contributed by atoms with Crippen LogP contribution in [0.3, 0.4) is 0 Å². The standard InChI is InChI=1S/C18H28N2/c1-20-11-5-6-15(14-20)12-19-13-17-9-4-8-16-7-2-3-10-18(16)17/h2-3,7,10,15,17,19H,4-6,8-9,11-14H2,1H3.